The molecule has 0 aromatic carbocycles. The zero-order valence-corrected chi connectivity index (χ0v) is 10.5. The zero-order chi connectivity index (χ0) is 14.1. The average molecular weight is 262 g/mol. The summed E-state index contributed by atoms with van der Waals surface area (Å²) in [6.07, 6.45) is 0.798. The summed E-state index contributed by atoms with van der Waals surface area (Å²) >= 11 is 0. The fraction of sp³-hybridized carbons (Fsp3) is 0.500. The summed E-state index contributed by atoms with van der Waals surface area (Å²) in [5.41, 5.74) is 2.29. The second-order valence-corrected chi connectivity index (χ2v) is 3.41. The number of hydrogen-bond acceptors (Lipinski definition) is 9. The molecule has 0 radical (unpaired) electrons. The molecule has 0 bridgehead atoms. The van der Waals surface area contributed by atoms with E-state index in [-0.39, 0.29) is 31.0 Å². The second kappa shape index (κ2) is 7.63. The van der Waals surface area contributed by atoms with Crippen LogP contribution in [0, 0.1) is 22.7 Å². The molecule has 0 aliphatic carbocycles. The average Bonchev–Trinajstić information content (AvgIpc) is 2.44. The van der Waals surface area contributed by atoms with Crippen molar-refractivity contribution in [2.45, 2.75) is 13.3 Å². The number of nitrogens with one attached hydrogen (secondary N) is 1. The van der Waals surface area contributed by atoms with Gasteiger partial charge in [0.05, 0.1) is 18.7 Å². The molecule has 9 heteroatoms. The minimum atomic E-state index is -0.0190. The monoisotopic (exact) mass is 262 g/mol. The Kier molecular flexibility index (Phi) is 5.79. The van der Waals surface area contributed by atoms with Crippen molar-refractivity contribution in [1.29, 1.82) is 10.5 Å². The normalized spacial score (nSPS) is 9.26. The van der Waals surface area contributed by atoms with Crippen LogP contribution in [0.4, 0.5) is 11.9 Å². The molecule has 0 saturated heterocycles. The van der Waals surface area contributed by atoms with Gasteiger partial charge in [0.15, 0.2) is 0 Å². The molecule has 1 rings (SSSR count). The van der Waals surface area contributed by atoms with Crippen LogP contribution in [-0.4, -0.2) is 34.6 Å². The SMILES string of the molecule is CCCOc1nc(NN)nc(N(CC#N)CC#N)n1. The van der Waals surface area contributed by atoms with Crippen LogP contribution in [0.2, 0.25) is 0 Å². The van der Waals surface area contributed by atoms with Crippen molar-refractivity contribution in [2.24, 2.45) is 5.84 Å². The van der Waals surface area contributed by atoms with E-state index in [4.69, 9.17) is 21.1 Å². The Morgan fingerprint density at radius 3 is 2.47 bits per heavy atom. The van der Waals surface area contributed by atoms with E-state index in [1.165, 1.54) is 4.90 Å². The summed E-state index contributed by atoms with van der Waals surface area (Å²) < 4.78 is 5.29. The topological polar surface area (TPSA) is 137 Å². The first-order valence-electron chi connectivity index (χ1n) is 5.59. The molecule has 100 valence electrons. The highest BCUT2D eigenvalue weighted by atomic mass is 16.5. The highest BCUT2D eigenvalue weighted by molar-refractivity contribution is 5.39. The number of nitriles is 2. The number of nitrogens with zero attached hydrogens (tertiary/aromatic N) is 6. The van der Waals surface area contributed by atoms with Gasteiger partial charge >= 0.3 is 6.01 Å². The molecule has 0 spiro atoms. The Balaban J connectivity index is 3.03. The maximum Gasteiger partial charge on any atom is 0.323 e. The third kappa shape index (κ3) is 4.26. The van der Waals surface area contributed by atoms with Crippen molar-refractivity contribution in [1.82, 2.24) is 15.0 Å². The highest BCUT2D eigenvalue weighted by Crippen LogP contribution is 2.14. The molecule has 19 heavy (non-hydrogen) atoms. The molecular weight excluding hydrogens is 248 g/mol. The minimum absolute atomic E-state index is 0.0190. The molecule has 0 aliphatic heterocycles. The van der Waals surface area contributed by atoms with E-state index >= 15 is 0 Å². The van der Waals surface area contributed by atoms with Gasteiger partial charge in [-0.15, -0.1) is 0 Å². The number of rotatable bonds is 7. The molecule has 3 N–H and O–H groups in total. The number of ether oxygens (including phenoxy) is 1. The molecule has 0 unspecified atom stereocenters. The number of nitrogen functional groups attached to an aromatic ring is 1. The van der Waals surface area contributed by atoms with Crippen LogP contribution in [0.1, 0.15) is 13.3 Å². The zero-order valence-electron chi connectivity index (χ0n) is 10.5. The Morgan fingerprint density at radius 1 is 1.26 bits per heavy atom. The smallest absolute Gasteiger partial charge is 0.323 e. The van der Waals surface area contributed by atoms with Gasteiger partial charge in [0.2, 0.25) is 11.9 Å². The number of anilines is 2. The first-order chi connectivity index (χ1) is 9.24. The predicted octanol–water partition coefficient (Wildman–Crippen LogP) is -0.200. The lowest BCUT2D eigenvalue weighted by Crippen LogP contribution is -2.27. The maximum atomic E-state index is 8.72. The van der Waals surface area contributed by atoms with Gasteiger partial charge < -0.3 is 9.64 Å². The maximum absolute atomic E-state index is 8.72. The summed E-state index contributed by atoms with van der Waals surface area (Å²) in [7, 11) is 0. The summed E-state index contributed by atoms with van der Waals surface area (Å²) in [5, 5.41) is 17.4. The molecule has 1 aromatic rings. The van der Waals surface area contributed by atoms with Crippen molar-refractivity contribution in [3.8, 4) is 18.1 Å². The predicted molar refractivity (Wildman–Crippen MR) is 66.9 cm³/mol. The highest BCUT2D eigenvalue weighted by Gasteiger charge is 2.13. The van der Waals surface area contributed by atoms with Gasteiger partial charge in [-0.05, 0) is 6.42 Å². The van der Waals surface area contributed by atoms with Crippen molar-refractivity contribution in [3.05, 3.63) is 0 Å². The minimum Gasteiger partial charge on any atom is -0.463 e. The second-order valence-electron chi connectivity index (χ2n) is 3.41. The molecule has 1 heterocycles. The number of aromatic nitrogens is 3. The van der Waals surface area contributed by atoms with Crippen LogP contribution < -0.4 is 20.9 Å². The van der Waals surface area contributed by atoms with E-state index in [2.05, 4.69) is 20.4 Å². The van der Waals surface area contributed by atoms with Crippen molar-refractivity contribution >= 4 is 11.9 Å². The Hall–Kier alpha value is -2.65. The number of nitrogens with two attached hydrogens (primary N) is 1. The van der Waals surface area contributed by atoms with Gasteiger partial charge in [-0.3, -0.25) is 5.43 Å². The Bertz CT molecular complexity index is 475. The number of hydrogen-bond donors (Lipinski definition) is 2. The quantitative estimate of drug-likeness (QED) is 0.388. The molecule has 0 fully saturated rings. The van der Waals surface area contributed by atoms with Gasteiger partial charge in [-0.1, -0.05) is 6.92 Å². The summed E-state index contributed by atoms with van der Waals surface area (Å²) in [6, 6.07) is 3.96. The van der Waals surface area contributed by atoms with Crippen LogP contribution in [-0.2, 0) is 0 Å². The molecule has 0 amide bonds. The molecule has 0 aliphatic rings. The number of hydrazine groups is 1. The Morgan fingerprint density at radius 2 is 1.95 bits per heavy atom. The molecule has 0 saturated carbocycles. The van der Waals surface area contributed by atoms with Crippen LogP contribution in [0.15, 0.2) is 0 Å². The first kappa shape index (κ1) is 14.4. The van der Waals surface area contributed by atoms with Crippen LogP contribution in [0.25, 0.3) is 0 Å². The third-order valence-corrected chi connectivity index (χ3v) is 1.97. The van der Waals surface area contributed by atoms with Gasteiger partial charge in [0, 0.05) is 0 Å². The van der Waals surface area contributed by atoms with Gasteiger partial charge in [0.25, 0.3) is 0 Å². The van der Waals surface area contributed by atoms with Gasteiger partial charge in [-0.2, -0.15) is 25.5 Å². The summed E-state index contributed by atoms with van der Waals surface area (Å²) in [4.78, 5) is 13.3. The van der Waals surface area contributed by atoms with E-state index in [1.807, 2.05) is 19.1 Å². The van der Waals surface area contributed by atoms with Crippen molar-refractivity contribution in [3.63, 3.8) is 0 Å². The van der Waals surface area contributed by atoms with Crippen LogP contribution >= 0.6 is 0 Å². The lowest BCUT2D eigenvalue weighted by molar-refractivity contribution is 0.292. The third-order valence-electron chi connectivity index (χ3n) is 1.97. The van der Waals surface area contributed by atoms with Crippen LogP contribution in [0.3, 0.4) is 0 Å². The van der Waals surface area contributed by atoms with E-state index in [0.29, 0.717) is 6.61 Å². The van der Waals surface area contributed by atoms with Crippen molar-refractivity contribution < 1.29 is 4.74 Å². The lowest BCUT2D eigenvalue weighted by Gasteiger charge is -2.16. The summed E-state index contributed by atoms with van der Waals surface area (Å²) in [5.74, 6) is 5.53. The Labute approximate surface area is 110 Å². The fourth-order valence-corrected chi connectivity index (χ4v) is 1.18. The molecular formula is C10H14N8O. The fourth-order valence-electron chi connectivity index (χ4n) is 1.18. The van der Waals surface area contributed by atoms with E-state index in [9.17, 15) is 0 Å². The lowest BCUT2D eigenvalue weighted by atomic mass is 10.5. The van der Waals surface area contributed by atoms with E-state index < -0.39 is 0 Å². The molecule has 9 nitrogen and oxygen atoms in total. The van der Waals surface area contributed by atoms with Crippen LogP contribution in [0.5, 0.6) is 6.01 Å². The van der Waals surface area contributed by atoms with Crippen molar-refractivity contribution in [2.75, 3.05) is 30.0 Å². The summed E-state index contributed by atoms with van der Waals surface area (Å²) in [6.45, 7) is 2.36. The van der Waals surface area contributed by atoms with Gasteiger partial charge in [0.1, 0.15) is 13.1 Å². The van der Waals surface area contributed by atoms with Gasteiger partial charge in [-0.25, -0.2) is 5.84 Å². The molecule has 0 atom stereocenters. The largest absolute Gasteiger partial charge is 0.463 e. The first-order valence-corrected chi connectivity index (χ1v) is 5.59. The standard InChI is InChI=1S/C10H14N8O/c1-2-7-19-10-15-8(17-13)14-9(16-10)18(5-3-11)6-4-12/h2,5-7,13H2,1H3,(H,14,15,16,17). The molecule has 1 aromatic heterocycles. The van der Waals surface area contributed by atoms with E-state index in [0.717, 1.165) is 6.42 Å². The van der Waals surface area contributed by atoms with E-state index in [1.54, 1.807) is 0 Å².